The number of anilines is 4. The molecule has 4 aromatic rings. The lowest BCUT2D eigenvalue weighted by molar-refractivity contribution is 0.287. The van der Waals surface area contributed by atoms with E-state index >= 15 is 0 Å². The molecule has 35 heavy (non-hydrogen) atoms. The van der Waals surface area contributed by atoms with Crippen molar-refractivity contribution >= 4 is 33.9 Å². The van der Waals surface area contributed by atoms with Gasteiger partial charge in [0.2, 0.25) is 5.95 Å². The molecular formula is C26H26F2N6O. The highest BCUT2D eigenvalue weighted by atomic mass is 19.1. The van der Waals surface area contributed by atoms with E-state index in [2.05, 4.69) is 20.3 Å². The number of aromatic nitrogens is 3. The van der Waals surface area contributed by atoms with Crippen LogP contribution in [0.4, 0.5) is 31.8 Å². The predicted molar refractivity (Wildman–Crippen MR) is 135 cm³/mol. The molecule has 180 valence electrons. The number of halogens is 2. The number of fused-ring (bicyclic) bond motifs is 2. The Morgan fingerprint density at radius 2 is 1.86 bits per heavy atom. The van der Waals surface area contributed by atoms with E-state index in [1.54, 1.807) is 6.07 Å². The van der Waals surface area contributed by atoms with Gasteiger partial charge in [-0.3, -0.25) is 4.98 Å². The molecule has 0 bridgehead atoms. The summed E-state index contributed by atoms with van der Waals surface area (Å²) in [6.45, 7) is 5.06. The van der Waals surface area contributed by atoms with E-state index in [1.807, 2.05) is 68.2 Å². The Balaban J connectivity index is 1.50. The first-order chi connectivity index (χ1) is 16.8. The van der Waals surface area contributed by atoms with E-state index in [0.29, 0.717) is 24.4 Å². The second kappa shape index (κ2) is 8.98. The third-order valence-corrected chi connectivity index (χ3v) is 5.99. The molecule has 0 atom stereocenters. The summed E-state index contributed by atoms with van der Waals surface area (Å²) in [4.78, 5) is 17.0. The highest BCUT2D eigenvalue weighted by Gasteiger charge is 2.25. The van der Waals surface area contributed by atoms with Gasteiger partial charge in [-0.2, -0.15) is 0 Å². The van der Waals surface area contributed by atoms with Crippen LogP contribution in [0.2, 0.25) is 0 Å². The zero-order valence-electron chi connectivity index (χ0n) is 20.0. The normalized spacial score (nSPS) is 13.1. The summed E-state index contributed by atoms with van der Waals surface area (Å²) < 4.78 is 35.3. The number of benzene rings is 2. The van der Waals surface area contributed by atoms with Gasteiger partial charge in [0, 0.05) is 36.8 Å². The highest BCUT2D eigenvalue weighted by Crippen LogP contribution is 2.39. The molecule has 2 aromatic carbocycles. The summed E-state index contributed by atoms with van der Waals surface area (Å²) in [5.74, 6) is -0.800. The summed E-state index contributed by atoms with van der Waals surface area (Å²) >= 11 is 0. The van der Waals surface area contributed by atoms with Gasteiger partial charge in [-0.15, -0.1) is 0 Å². The maximum absolute atomic E-state index is 14.9. The topological polar surface area (TPSA) is 66.4 Å². The van der Waals surface area contributed by atoms with E-state index in [1.165, 1.54) is 6.07 Å². The summed E-state index contributed by atoms with van der Waals surface area (Å²) in [7, 11) is 3.91. The minimum Gasteiger partial charge on any atom is -0.486 e. The van der Waals surface area contributed by atoms with E-state index in [-0.39, 0.29) is 23.4 Å². The third-order valence-electron chi connectivity index (χ3n) is 5.99. The van der Waals surface area contributed by atoms with Gasteiger partial charge in [0.1, 0.15) is 12.3 Å². The fourth-order valence-corrected chi connectivity index (χ4v) is 4.18. The van der Waals surface area contributed by atoms with Crippen LogP contribution in [0.25, 0.3) is 22.2 Å². The van der Waals surface area contributed by atoms with Gasteiger partial charge in [0.05, 0.1) is 35.8 Å². The van der Waals surface area contributed by atoms with Gasteiger partial charge in [0.15, 0.2) is 17.4 Å². The maximum Gasteiger partial charge on any atom is 0.227 e. The fraction of sp³-hybridized carbons (Fsp3) is 0.269. The summed E-state index contributed by atoms with van der Waals surface area (Å²) in [5.41, 5.74) is 3.47. The Bertz CT molecular complexity index is 1410. The predicted octanol–water partition coefficient (Wildman–Crippen LogP) is 5.39. The van der Waals surface area contributed by atoms with Crippen LogP contribution >= 0.6 is 0 Å². The molecule has 9 heteroatoms. The quantitative estimate of drug-likeness (QED) is 0.414. The lowest BCUT2D eigenvalue weighted by Gasteiger charge is -2.34. The molecule has 0 saturated carbocycles. The number of hydrogen-bond donors (Lipinski definition) is 1. The van der Waals surface area contributed by atoms with Crippen molar-refractivity contribution in [2.24, 2.45) is 0 Å². The Labute approximate surface area is 202 Å². The summed E-state index contributed by atoms with van der Waals surface area (Å²) in [6, 6.07) is 10.8. The zero-order chi connectivity index (χ0) is 24.7. The molecule has 1 N–H and O–H groups in total. The summed E-state index contributed by atoms with van der Waals surface area (Å²) in [6.07, 6.45) is 2.90. The zero-order valence-corrected chi connectivity index (χ0v) is 20.0. The largest absolute Gasteiger partial charge is 0.486 e. The van der Waals surface area contributed by atoms with Gasteiger partial charge >= 0.3 is 0 Å². The molecule has 5 rings (SSSR count). The van der Waals surface area contributed by atoms with Crippen molar-refractivity contribution < 1.29 is 13.5 Å². The second-order valence-electron chi connectivity index (χ2n) is 8.95. The average Bonchev–Trinajstić information content (AvgIpc) is 2.84. The highest BCUT2D eigenvalue weighted by molar-refractivity contribution is 5.85. The minimum atomic E-state index is -0.638. The van der Waals surface area contributed by atoms with E-state index < -0.39 is 11.6 Å². The average molecular weight is 477 g/mol. The van der Waals surface area contributed by atoms with Crippen LogP contribution < -0.4 is 19.9 Å². The molecular weight excluding hydrogens is 450 g/mol. The Morgan fingerprint density at radius 3 is 2.63 bits per heavy atom. The SMILES string of the molecule is CC(C)N1CCOc2c(F)cc(-c3nc(Nc4ccc5ncc(N(C)C)cc5c4)ncc3F)cc21. The van der Waals surface area contributed by atoms with Crippen molar-refractivity contribution in [2.45, 2.75) is 19.9 Å². The van der Waals surface area contributed by atoms with E-state index in [9.17, 15) is 8.78 Å². The van der Waals surface area contributed by atoms with Crippen LogP contribution in [0, 0.1) is 11.6 Å². The number of nitrogens with one attached hydrogen (secondary N) is 1. The van der Waals surface area contributed by atoms with Crippen LogP contribution in [0.3, 0.4) is 0 Å². The van der Waals surface area contributed by atoms with Gasteiger partial charge in [-0.05, 0) is 50.2 Å². The number of nitrogens with zero attached hydrogens (tertiary/aromatic N) is 5. The van der Waals surface area contributed by atoms with Crippen molar-refractivity contribution in [1.29, 1.82) is 0 Å². The lowest BCUT2D eigenvalue weighted by Crippen LogP contribution is -2.38. The molecule has 0 amide bonds. The van der Waals surface area contributed by atoms with Crippen molar-refractivity contribution in [3.63, 3.8) is 0 Å². The van der Waals surface area contributed by atoms with Crippen molar-refractivity contribution in [3.05, 3.63) is 60.4 Å². The van der Waals surface area contributed by atoms with Gasteiger partial charge in [0.25, 0.3) is 0 Å². The molecule has 0 radical (unpaired) electrons. The fourth-order valence-electron chi connectivity index (χ4n) is 4.18. The first kappa shape index (κ1) is 22.8. The van der Waals surface area contributed by atoms with Crippen molar-refractivity contribution in [3.8, 4) is 17.0 Å². The number of pyridine rings is 1. The standard InChI is InChI=1S/C26H26F2N6O/c1-15(2)34-7-8-35-25-20(27)11-17(12-23(25)34)24-21(28)14-30-26(32-24)31-18-5-6-22-16(9-18)10-19(13-29-22)33(3)4/h5-6,9-15H,7-8H2,1-4H3,(H,30,31,32). The Kier molecular flexibility index (Phi) is 5.84. The van der Waals surface area contributed by atoms with Crippen LogP contribution in [-0.2, 0) is 0 Å². The molecule has 3 heterocycles. The van der Waals surface area contributed by atoms with Crippen LogP contribution in [-0.4, -0.2) is 48.2 Å². The van der Waals surface area contributed by atoms with Gasteiger partial charge in [-0.1, -0.05) is 0 Å². The maximum atomic E-state index is 14.9. The number of hydrogen-bond acceptors (Lipinski definition) is 7. The summed E-state index contributed by atoms with van der Waals surface area (Å²) in [5, 5.41) is 4.07. The molecule has 1 aliphatic heterocycles. The third kappa shape index (κ3) is 4.41. The first-order valence-electron chi connectivity index (χ1n) is 11.4. The first-order valence-corrected chi connectivity index (χ1v) is 11.4. The van der Waals surface area contributed by atoms with E-state index in [0.717, 1.165) is 28.5 Å². The van der Waals surface area contributed by atoms with Crippen molar-refractivity contribution in [2.75, 3.05) is 42.4 Å². The second-order valence-corrected chi connectivity index (χ2v) is 8.95. The minimum absolute atomic E-state index is 0.0100. The lowest BCUT2D eigenvalue weighted by atomic mass is 10.1. The molecule has 0 spiro atoms. The van der Waals surface area contributed by atoms with E-state index in [4.69, 9.17) is 4.74 Å². The Hall–Kier alpha value is -4.01. The molecule has 1 aliphatic rings. The van der Waals surface area contributed by atoms with Crippen molar-refractivity contribution in [1.82, 2.24) is 15.0 Å². The molecule has 0 fully saturated rings. The van der Waals surface area contributed by atoms with Gasteiger partial charge in [-0.25, -0.2) is 18.7 Å². The molecule has 7 nitrogen and oxygen atoms in total. The number of ether oxygens (including phenoxy) is 1. The smallest absolute Gasteiger partial charge is 0.227 e. The van der Waals surface area contributed by atoms with Gasteiger partial charge < -0.3 is 19.9 Å². The molecule has 0 aliphatic carbocycles. The monoisotopic (exact) mass is 476 g/mol. The number of rotatable bonds is 5. The molecule has 2 aromatic heterocycles. The molecule has 0 saturated heterocycles. The van der Waals surface area contributed by atoms with Crippen LogP contribution in [0.15, 0.2) is 48.8 Å². The molecule has 0 unspecified atom stereocenters. The Morgan fingerprint density at radius 1 is 1.03 bits per heavy atom. The van der Waals surface area contributed by atoms with Crippen LogP contribution in [0.1, 0.15) is 13.8 Å². The van der Waals surface area contributed by atoms with Crippen LogP contribution in [0.5, 0.6) is 5.75 Å².